The molecule has 11 aromatic carbocycles. The summed E-state index contributed by atoms with van der Waals surface area (Å²) in [7, 11) is 0. The average molecular weight is 885 g/mol. The van der Waals surface area contributed by atoms with Gasteiger partial charge in [-0.15, -0.1) is 0 Å². The van der Waals surface area contributed by atoms with Crippen LogP contribution in [0.4, 0.5) is 34.1 Å². The number of ether oxygens (including phenoxy) is 1. The highest BCUT2D eigenvalue weighted by molar-refractivity contribution is 6.12. The third-order valence-corrected chi connectivity index (χ3v) is 14.6. The van der Waals surface area contributed by atoms with Gasteiger partial charge in [0.25, 0.3) is 0 Å². The molecule has 0 spiro atoms. The molecular weight excluding hydrogens is 841 g/mol. The maximum atomic E-state index is 7.09. The number of hydrogen-bond acceptors (Lipinski definition) is 4. The van der Waals surface area contributed by atoms with Crippen LogP contribution in [0, 0.1) is 0 Å². The van der Waals surface area contributed by atoms with Crippen molar-refractivity contribution in [3.05, 3.63) is 242 Å². The largest absolute Gasteiger partial charge is 0.456 e. The van der Waals surface area contributed by atoms with Crippen LogP contribution in [0.15, 0.2) is 235 Å². The molecule has 1 aliphatic carbocycles. The van der Waals surface area contributed by atoms with E-state index < -0.39 is 0 Å². The second-order valence-electron chi connectivity index (χ2n) is 18.9. The number of furan rings is 1. The van der Waals surface area contributed by atoms with Crippen LogP contribution in [-0.2, 0) is 5.41 Å². The smallest absolute Gasteiger partial charge is 0.137 e. The van der Waals surface area contributed by atoms with E-state index in [1.165, 1.54) is 33.0 Å². The molecule has 0 atom stereocenters. The predicted octanol–water partition coefficient (Wildman–Crippen LogP) is 18.6. The van der Waals surface area contributed by atoms with Gasteiger partial charge in [-0.1, -0.05) is 153 Å². The molecule has 0 radical (unpaired) electrons. The van der Waals surface area contributed by atoms with Crippen molar-refractivity contribution in [2.45, 2.75) is 19.3 Å². The lowest BCUT2D eigenvalue weighted by atomic mass is 9.82. The monoisotopic (exact) mass is 884 g/mol. The molecule has 2 aliphatic rings. The number of benzene rings is 11. The number of hydrogen-bond donors (Lipinski definition) is 0. The molecule has 0 saturated carbocycles. The summed E-state index contributed by atoms with van der Waals surface area (Å²) in [5.41, 5.74) is 17.8. The topological polar surface area (TPSA) is 28.9 Å². The number of anilines is 6. The molecule has 1 aliphatic heterocycles. The van der Waals surface area contributed by atoms with E-state index in [1.54, 1.807) is 0 Å². The summed E-state index contributed by atoms with van der Waals surface area (Å²) in [5.74, 6) is 1.65. The highest BCUT2D eigenvalue weighted by atomic mass is 16.5. The van der Waals surface area contributed by atoms with Crippen molar-refractivity contribution in [2.24, 2.45) is 0 Å². The third-order valence-electron chi connectivity index (χ3n) is 14.6. The van der Waals surface area contributed by atoms with Crippen LogP contribution in [0.3, 0.4) is 0 Å². The number of para-hydroxylation sites is 1. The van der Waals surface area contributed by atoms with Gasteiger partial charge in [0, 0.05) is 67.0 Å². The van der Waals surface area contributed by atoms with Crippen LogP contribution in [0.5, 0.6) is 11.5 Å². The van der Waals surface area contributed by atoms with E-state index in [9.17, 15) is 0 Å². The first-order chi connectivity index (χ1) is 33.9. The Balaban J connectivity index is 0.921. The van der Waals surface area contributed by atoms with Gasteiger partial charge in [-0.3, -0.25) is 0 Å². The lowest BCUT2D eigenvalue weighted by molar-refractivity contribution is 0.487. The average Bonchev–Trinajstić information content (AvgIpc) is 3.88. The van der Waals surface area contributed by atoms with Crippen molar-refractivity contribution in [3.63, 3.8) is 0 Å². The predicted molar refractivity (Wildman–Crippen MR) is 287 cm³/mol. The van der Waals surface area contributed by atoms with Crippen LogP contribution >= 0.6 is 0 Å². The second kappa shape index (κ2) is 15.1. The zero-order valence-corrected chi connectivity index (χ0v) is 38.2. The van der Waals surface area contributed by atoms with E-state index in [2.05, 4.69) is 242 Å². The van der Waals surface area contributed by atoms with Gasteiger partial charge in [-0.05, 0) is 135 Å². The van der Waals surface area contributed by atoms with Crippen molar-refractivity contribution in [2.75, 3.05) is 9.80 Å². The fourth-order valence-electron chi connectivity index (χ4n) is 11.3. The molecule has 4 heteroatoms. The van der Waals surface area contributed by atoms with Crippen molar-refractivity contribution in [1.29, 1.82) is 0 Å². The minimum atomic E-state index is -0.145. The molecule has 0 unspecified atom stereocenters. The summed E-state index contributed by atoms with van der Waals surface area (Å²) in [6, 6.07) is 83.2. The molecule has 14 rings (SSSR count). The van der Waals surface area contributed by atoms with Gasteiger partial charge in [0.1, 0.15) is 22.7 Å². The van der Waals surface area contributed by atoms with Crippen LogP contribution in [0.25, 0.3) is 76.9 Å². The van der Waals surface area contributed by atoms with Crippen molar-refractivity contribution in [3.8, 4) is 44.9 Å². The van der Waals surface area contributed by atoms with Gasteiger partial charge in [-0.25, -0.2) is 0 Å². The van der Waals surface area contributed by atoms with Gasteiger partial charge >= 0.3 is 0 Å². The third kappa shape index (κ3) is 6.15. The minimum Gasteiger partial charge on any atom is -0.456 e. The maximum Gasteiger partial charge on any atom is 0.137 e. The van der Waals surface area contributed by atoms with Crippen LogP contribution in [-0.4, -0.2) is 0 Å². The van der Waals surface area contributed by atoms with Crippen LogP contribution in [0.1, 0.15) is 25.0 Å². The first kappa shape index (κ1) is 39.3. The van der Waals surface area contributed by atoms with E-state index in [4.69, 9.17) is 9.15 Å². The summed E-state index contributed by atoms with van der Waals surface area (Å²) < 4.78 is 13.4. The Hall–Kier alpha value is -8.86. The number of rotatable bonds is 7. The molecule has 0 saturated heterocycles. The molecular formula is C65H44N2O2. The normalized spacial score (nSPS) is 13.0. The Kier molecular flexibility index (Phi) is 8.59. The summed E-state index contributed by atoms with van der Waals surface area (Å²) in [4.78, 5) is 4.77. The highest BCUT2D eigenvalue weighted by Gasteiger charge is 2.36. The first-order valence-electron chi connectivity index (χ1n) is 23.7. The number of nitrogens with zero attached hydrogens (tertiary/aromatic N) is 2. The van der Waals surface area contributed by atoms with Crippen LogP contribution < -0.4 is 14.5 Å². The summed E-state index contributed by atoms with van der Waals surface area (Å²) in [5, 5.41) is 6.80. The van der Waals surface area contributed by atoms with E-state index >= 15 is 0 Å². The Morgan fingerprint density at radius 1 is 0.348 bits per heavy atom. The van der Waals surface area contributed by atoms with Gasteiger partial charge in [0.2, 0.25) is 0 Å². The van der Waals surface area contributed by atoms with Gasteiger partial charge in [0.05, 0.1) is 5.69 Å². The van der Waals surface area contributed by atoms with Crippen molar-refractivity contribution < 1.29 is 9.15 Å². The van der Waals surface area contributed by atoms with E-state index in [-0.39, 0.29) is 5.41 Å². The second-order valence-corrected chi connectivity index (χ2v) is 18.9. The molecule has 326 valence electrons. The molecule has 0 bridgehead atoms. The zero-order valence-electron chi connectivity index (χ0n) is 38.2. The molecule has 0 amide bonds. The Bertz CT molecular complexity index is 4050. The van der Waals surface area contributed by atoms with E-state index in [1.807, 2.05) is 12.1 Å². The quantitative estimate of drug-likeness (QED) is 0.159. The SMILES string of the molecule is CC1(C)c2ccccc2-c2ccc(N(c3ccc4ccccc4c3)c3ccc4c5c(cccc35)Oc3cc(N(c5cccc(-c6ccccc6)c5)c5ccc6oc7ccccc7c6c5)ccc3-4)cc21. The lowest BCUT2D eigenvalue weighted by Crippen LogP contribution is -2.16. The highest BCUT2D eigenvalue weighted by Crippen LogP contribution is 2.54. The van der Waals surface area contributed by atoms with E-state index in [0.717, 1.165) is 101 Å². The standard InChI is InChI=1S/C65H44N2O2/c1-65(2)57-23-10-8-20-50(57)51-31-28-48(39-58(51)65)67(46-27-26-42-16-6-7-17-43(42)37-46)59-34-33-54-53-32-29-49(40-63(53)69-62-25-13-22-55(59)64(54)62)66(45-19-12-18-44(36-45)41-14-4-3-5-15-41)47-30-35-61-56(38-47)52-21-9-11-24-60(52)68-61/h3-40H,1-2H3. The lowest BCUT2D eigenvalue weighted by Gasteiger charge is -2.31. The molecule has 4 nitrogen and oxygen atoms in total. The molecule has 0 N–H and O–H groups in total. The molecule has 12 aromatic rings. The Morgan fingerprint density at radius 3 is 1.90 bits per heavy atom. The molecule has 69 heavy (non-hydrogen) atoms. The number of fused-ring (bicyclic) bond motifs is 9. The van der Waals surface area contributed by atoms with Gasteiger partial charge in [-0.2, -0.15) is 0 Å². The zero-order chi connectivity index (χ0) is 45.8. The summed E-state index contributed by atoms with van der Waals surface area (Å²) in [6.07, 6.45) is 0. The Morgan fingerprint density at radius 2 is 0.986 bits per heavy atom. The molecule has 1 aromatic heterocycles. The molecule has 2 heterocycles. The molecule has 0 fully saturated rings. The Labute approximate surface area is 400 Å². The van der Waals surface area contributed by atoms with E-state index in [0.29, 0.717) is 0 Å². The fraction of sp³-hybridized carbons (Fsp3) is 0.0462. The maximum absolute atomic E-state index is 7.09. The summed E-state index contributed by atoms with van der Waals surface area (Å²) >= 11 is 0. The fourth-order valence-corrected chi connectivity index (χ4v) is 11.3. The van der Waals surface area contributed by atoms with Gasteiger partial charge < -0.3 is 19.0 Å². The summed E-state index contributed by atoms with van der Waals surface area (Å²) in [6.45, 7) is 4.71. The van der Waals surface area contributed by atoms with Crippen LogP contribution in [0.2, 0.25) is 0 Å². The van der Waals surface area contributed by atoms with Crippen molar-refractivity contribution in [1.82, 2.24) is 0 Å². The van der Waals surface area contributed by atoms with Crippen molar-refractivity contribution >= 4 is 77.6 Å². The van der Waals surface area contributed by atoms with Gasteiger partial charge in [0.15, 0.2) is 0 Å². The minimum absolute atomic E-state index is 0.145. The first-order valence-corrected chi connectivity index (χ1v) is 23.7.